The van der Waals surface area contributed by atoms with Crippen molar-refractivity contribution in [2.75, 3.05) is 18.2 Å². The predicted molar refractivity (Wildman–Crippen MR) is 126 cm³/mol. The van der Waals surface area contributed by atoms with E-state index in [2.05, 4.69) is 41.7 Å². The number of thioether (sulfide) groups is 1. The molecule has 1 heterocycles. The number of hydrogen-bond donors (Lipinski definition) is 1. The van der Waals surface area contributed by atoms with Gasteiger partial charge in [0.05, 0.1) is 17.7 Å². The summed E-state index contributed by atoms with van der Waals surface area (Å²) < 4.78 is 5.17. The molecule has 0 unspecified atom stereocenters. The first-order valence-corrected chi connectivity index (χ1v) is 11.6. The molecule has 6 heteroatoms. The number of rotatable bonds is 7. The summed E-state index contributed by atoms with van der Waals surface area (Å²) >= 11 is 3.31. The van der Waals surface area contributed by atoms with Gasteiger partial charge in [0, 0.05) is 22.4 Å². The average Bonchev–Trinajstić information content (AvgIpc) is 3.31. The van der Waals surface area contributed by atoms with Gasteiger partial charge in [-0.1, -0.05) is 47.7 Å². The molecule has 5 rings (SSSR count). The number of aromatic nitrogens is 1. The summed E-state index contributed by atoms with van der Waals surface area (Å²) in [6.07, 6.45) is 1.30. The van der Waals surface area contributed by atoms with Crippen LogP contribution in [0.3, 0.4) is 0 Å². The topological polar surface area (TPSA) is 51.2 Å². The number of nitrogens with one attached hydrogen (secondary N) is 1. The quantitative estimate of drug-likeness (QED) is 0.237. The maximum atomic E-state index is 12.4. The van der Waals surface area contributed by atoms with E-state index in [0.29, 0.717) is 11.6 Å². The van der Waals surface area contributed by atoms with Crippen molar-refractivity contribution in [3.63, 3.8) is 0 Å². The minimum Gasteiger partial charge on any atom is -0.497 e. The zero-order chi connectivity index (χ0) is 20.5. The first kappa shape index (κ1) is 19.2. The van der Waals surface area contributed by atoms with Gasteiger partial charge < -0.3 is 10.1 Å². The smallest absolute Gasteiger partial charge is 0.226 e. The Hall–Kier alpha value is -2.83. The van der Waals surface area contributed by atoms with Crippen LogP contribution in [0, 0.1) is 0 Å². The number of methoxy groups -OCH3 is 1. The van der Waals surface area contributed by atoms with Crippen LogP contribution >= 0.6 is 23.1 Å². The van der Waals surface area contributed by atoms with E-state index in [4.69, 9.17) is 9.72 Å². The average molecular weight is 433 g/mol. The van der Waals surface area contributed by atoms with E-state index in [0.717, 1.165) is 34.1 Å². The number of ether oxygens (including phenoxy) is 1. The highest BCUT2D eigenvalue weighted by atomic mass is 32.2. The molecule has 0 saturated carbocycles. The Kier molecular flexibility index (Phi) is 5.19. The molecule has 1 aliphatic carbocycles. The second-order valence-corrected chi connectivity index (χ2v) is 9.25. The summed E-state index contributed by atoms with van der Waals surface area (Å²) in [7, 11) is 1.66. The fraction of sp³-hybridized carbons (Fsp3) is 0.167. The van der Waals surface area contributed by atoms with Crippen LogP contribution in [0.25, 0.3) is 32.5 Å². The fourth-order valence-electron chi connectivity index (χ4n) is 3.74. The Balaban J connectivity index is 1.19. The molecule has 0 saturated heterocycles. The number of carbonyl (C=O) groups is 1. The van der Waals surface area contributed by atoms with Crippen LogP contribution in [0.5, 0.6) is 5.75 Å². The van der Waals surface area contributed by atoms with Crippen molar-refractivity contribution in [1.82, 2.24) is 4.98 Å². The van der Waals surface area contributed by atoms with E-state index in [1.165, 1.54) is 21.2 Å². The molecule has 1 aliphatic rings. The van der Waals surface area contributed by atoms with E-state index >= 15 is 0 Å². The minimum atomic E-state index is 0.0178. The van der Waals surface area contributed by atoms with Gasteiger partial charge in [-0.05, 0) is 47.2 Å². The van der Waals surface area contributed by atoms with E-state index in [1.807, 2.05) is 24.3 Å². The Labute approximate surface area is 183 Å². The molecule has 150 valence electrons. The molecule has 1 aromatic heterocycles. The maximum absolute atomic E-state index is 12.4. The van der Waals surface area contributed by atoms with Gasteiger partial charge in [0.25, 0.3) is 0 Å². The zero-order valence-corrected chi connectivity index (χ0v) is 18.1. The van der Waals surface area contributed by atoms with Crippen molar-refractivity contribution in [3.8, 4) is 27.4 Å². The molecule has 1 N–H and O–H groups in total. The first-order valence-electron chi connectivity index (χ1n) is 9.83. The molecule has 0 bridgehead atoms. The lowest BCUT2D eigenvalue weighted by atomic mass is 10.0. The lowest BCUT2D eigenvalue weighted by Crippen LogP contribution is -2.11. The van der Waals surface area contributed by atoms with Gasteiger partial charge in [-0.25, -0.2) is 4.98 Å². The molecular formula is C24H20N2O2S2. The molecular weight excluding hydrogens is 412 g/mol. The molecule has 0 radical (unpaired) electrons. The normalized spacial score (nSPS) is 11.5. The van der Waals surface area contributed by atoms with Gasteiger partial charge in [-0.2, -0.15) is 0 Å². The van der Waals surface area contributed by atoms with Crippen LogP contribution in [-0.2, 0) is 4.79 Å². The van der Waals surface area contributed by atoms with Crippen molar-refractivity contribution in [1.29, 1.82) is 0 Å². The summed E-state index contributed by atoms with van der Waals surface area (Å²) in [5.41, 5.74) is 3.36. The lowest BCUT2D eigenvalue weighted by molar-refractivity contribution is -0.116. The van der Waals surface area contributed by atoms with E-state index < -0.39 is 0 Å². The number of benzene rings is 3. The Bertz CT molecular complexity index is 1180. The van der Waals surface area contributed by atoms with Crippen LogP contribution < -0.4 is 10.1 Å². The summed E-state index contributed by atoms with van der Waals surface area (Å²) in [5, 5.41) is 6.17. The standard InChI is InChI=1S/C24H20N2O2S2/c1-28-16-10-12-17(13-11-16)29-14-4-9-20(27)25-24-26-22-18-7-2-5-15-6-3-8-19(21(15)18)23(22)30-24/h2-3,5-8,10-13H,4,9,14H2,1H3,(H,25,26,27). The largest absolute Gasteiger partial charge is 0.497 e. The number of nitrogens with zero attached hydrogens (tertiary/aromatic N) is 1. The predicted octanol–water partition coefficient (Wildman–Crippen LogP) is 6.46. The lowest BCUT2D eigenvalue weighted by Gasteiger charge is -2.05. The highest BCUT2D eigenvalue weighted by Crippen LogP contribution is 2.50. The highest BCUT2D eigenvalue weighted by molar-refractivity contribution is 7.99. The van der Waals surface area contributed by atoms with Crippen LogP contribution in [0.15, 0.2) is 65.6 Å². The minimum absolute atomic E-state index is 0.0178. The molecule has 4 nitrogen and oxygen atoms in total. The van der Waals surface area contributed by atoms with E-state index in [1.54, 1.807) is 30.2 Å². The highest BCUT2D eigenvalue weighted by Gasteiger charge is 2.25. The van der Waals surface area contributed by atoms with Gasteiger partial charge >= 0.3 is 0 Å². The molecule has 0 atom stereocenters. The number of anilines is 1. The van der Waals surface area contributed by atoms with Gasteiger partial charge in [-0.15, -0.1) is 11.8 Å². The second-order valence-electron chi connectivity index (χ2n) is 7.08. The summed E-state index contributed by atoms with van der Waals surface area (Å²) in [5.74, 6) is 1.76. The molecule has 1 amide bonds. The van der Waals surface area contributed by atoms with Crippen molar-refractivity contribution >= 4 is 44.9 Å². The van der Waals surface area contributed by atoms with Gasteiger partial charge in [-0.3, -0.25) is 4.79 Å². The van der Waals surface area contributed by atoms with Gasteiger partial charge in [0.1, 0.15) is 5.75 Å². The summed E-state index contributed by atoms with van der Waals surface area (Å²) in [4.78, 5) is 19.5. The molecule has 0 spiro atoms. The monoisotopic (exact) mass is 432 g/mol. The van der Waals surface area contributed by atoms with Crippen LogP contribution in [0.1, 0.15) is 12.8 Å². The van der Waals surface area contributed by atoms with E-state index in [9.17, 15) is 4.79 Å². The Morgan fingerprint density at radius 3 is 2.60 bits per heavy atom. The first-order chi connectivity index (χ1) is 14.7. The van der Waals surface area contributed by atoms with Crippen LogP contribution in [0.2, 0.25) is 0 Å². The van der Waals surface area contributed by atoms with Gasteiger partial charge in [0.15, 0.2) is 5.13 Å². The van der Waals surface area contributed by atoms with Crippen molar-refractivity contribution in [2.24, 2.45) is 0 Å². The molecule has 4 aromatic rings. The number of thiazole rings is 1. The third-order valence-corrected chi connectivity index (χ3v) is 7.26. The third kappa shape index (κ3) is 3.57. The van der Waals surface area contributed by atoms with Gasteiger partial charge in [0.2, 0.25) is 5.91 Å². The number of amides is 1. The van der Waals surface area contributed by atoms with Crippen molar-refractivity contribution in [2.45, 2.75) is 17.7 Å². The SMILES string of the molecule is COc1ccc(SCCCC(=O)Nc2nc3c(s2)-c2cccc4cccc-3c24)cc1. The maximum Gasteiger partial charge on any atom is 0.226 e. The molecule has 30 heavy (non-hydrogen) atoms. The second kappa shape index (κ2) is 8.13. The molecule has 0 aliphatic heterocycles. The zero-order valence-electron chi connectivity index (χ0n) is 16.5. The third-order valence-electron chi connectivity index (χ3n) is 5.15. The molecule has 0 fully saturated rings. The fourth-order valence-corrected chi connectivity index (χ4v) is 5.62. The van der Waals surface area contributed by atoms with E-state index in [-0.39, 0.29) is 5.91 Å². The number of hydrogen-bond acceptors (Lipinski definition) is 5. The van der Waals surface area contributed by atoms with Crippen LogP contribution in [-0.4, -0.2) is 23.8 Å². The van der Waals surface area contributed by atoms with Crippen LogP contribution in [0.4, 0.5) is 5.13 Å². The number of carbonyl (C=O) groups excluding carboxylic acids is 1. The molecule has 3 aromatic carbocycles. The van der Waals surface area contributed by atoms with Crippen molar-refractivity contribution < 1.29 is 9.53 Å². The summed E-state index contributed by atoms with van der Waals surface area (Å²) in [6, 6.07) is 20.6. The number of fused-ring (bicyclic) bond motifs is 3. The van der Waals surface area contributed by atoms with Crippen molar-refractivity contribution in [3.05, 3.63) is 60.7 Å². The Morgan fingerprint density at radius 2 is 1.83 bits per heavy atom. The Morgan fingerprint density at radius 1 is 1.07 bits per heavy atom. The summed E-state index contributed by atoms with van der Waals surface area (Å²) in [6.45, 7) is 0.